The molecule has 0 bridgehead atoms. The number of carbonyl (C=O) groups excluding carboxylic acids is 1. The molecule has 1 N–H and O–H groups in total. The molecule has 0 saturated heterocycles. The molecule has 4 heteroatoms. The molecule has 0 aliphatic carbocycles. The van der Waals surface area contributed by atoms with Gasteiger partial charge < -0.3 is 5.11 Å². The first-order chi connectivity index (χ1) is 6.15. The van der Waals surface area contributed by atoms with Gasteiger partial charge in [-0.15, -0.1) is 11.6 Å². The van der Waals surface area contributed by atoms with Gasteiger partial charge in [-0.3, -0.25) is 4.79 Å². The van der Waals surface area contributed by atoms with E-state index < -0.39 is 0 Å². The number of carbonyl (C=O) groups is 1. The number of phenols is 1. The monoisotopic (exact) mass is 218 g/mol. The van der Waals surface area contributed by atoms with Gasteiger partial charge >= 0.3 is 0 Å². The van der Waals surface area contributed by atoms with Crippen LogP contribution in [0.15, 0.2) is 18.2 Å². The second kappa shape index (κ2) is 4.49. The van der Waals surface area contributed by atoms with Crippen LogP contribution >= 0.6 is 23.2 Å². The Bertz CT molecular complexity index is 323. The highest BCUT2D eigenvalue weighted by Gasteiger charge is 2.08. The predicted molar refractivity (Wildman–Crippen MR) is 52.5 cm³/mol. The van der Waals surface area contributed by atoms with Crippen LogP contribution in [0.2, 0.25) is 5.02 Å². The largest absolute Gasteiger partial charge is 0.506 e. The first-order valence-corrected chi connectivity index (χ1v) is 4.60. The Hall–Kier alpha value is -0.730. The number of hydrogen-bond acceptors (Lipinski definition) is 2. The van der Waals surface area contributed by atoms with Crippen molar-refractivity contribution in [1.82, 2.24) is 0 Å². The van der Waals surface area contributed by atoms with Gasteiger partial charge in [-0.05, 0) is 11.6 Å². The Morgan fingerprint density at radius 2 is 2.15 bits per heavy atom. The summed E-state index contributed by atoms with van der Waals surface area (Å²) in [6.07, 6.45) is 0.163. The van der Waals surface area contributed by atoms with Crippen molar-refractivity contribution in [2.24, 2.45) is 0 Å². The molecule has 0 unspecified atom stereocenters. The maximum absolute atomic E-state index is 11.0. The fourth-order valence-corrected chi connectivity index (χ4v) is 1.25. The molecule has 0 fully saturated rings. The van der Waals surface area contributed by atoms with Crippen LogP contribution in [-0.4, -0.2) is 16.8 Å². The smallest absolute Gasteiger partial charge is 0.152 e. The van der Waals surface area contributed by atoms with Gasteiger partial charge in [0.1, 0.15) is 5.75 Å². The summed E-state index contributed by atoms with van der Waals surface area (Å²) >= 11 is 11.1. The predicted octanol–water partition coefficient (Wildman–Crippen LogP) is 2.40. The molecule has 0 amide bonds. The molecule has 0 aliphatic heterocycles. The number of phenolic OH excluding ortho intramolecular Hbond substituents is 1. The number of alkyl halides is 1. The lowest BCUT2D eigenvalue weighted by Gasteiger charge is -2.03. The maximum atomic E-state index is 11.0. The van der Waals surface area contributed by atoms with E-state index in [0.29, 0.717) is 5.56 Å². The summed E-state index contributed by atoms with van der Waals surface area (Å²) in [4.78, 5) is 11.0. The lowest BCUT2D eigenvalue weighted by molar-refractivity contribution is -0.116. The Labute approximate surface area is 86.1 Å². The van der Waals surface area contributed by atoms with Gasteiger partial charge in [0.25, 0.3) is 0 Å². The van der Waals surface area contributed by atoms with Crippen LogP contribution in [0.1, 0.15) is 5.56 Å². The fourth-order valence-electron chi connectivity index (χ4n) is 0.962. The summed E-state index contributed by atoms with van der Waals surface area (Å²) < 4.78 is 0. The van der Waals surface area contributed by atoms with E-state index in [0.717, 1.165) is 0 Å². The molecule has 0 heterocycles. The normalized spacial score (nSPS) is 10.0. The SMILES string of the molecule is O=C(CCl)Cc1cccc(O)c1Cl. The van der Waals surface area contributed by atoms with Crippen LogP contribution in [0.4, 0.5) is 0 Å². The number of rotatable bonds is 3. The van der Waals surface area contributed by atoms with Crippen molar-refractivity contribution in [3.63, 3.8) is 0 Å². The molecule has 0 aromatic heterocycles. The van der Waals surface area contributed by atoms with E-state index in [2.05, 4.69) is 0 Å². The zero-order valence-corrected chi connectivity index (χ0v) is 8.27. The summed E-state index contributed by atoms with van der Waals surface area (Å²) in [5.41, 5.74) is 0.604. The van der Waals surface area contributed by atoms with Crippen molar-refractivity contribution in [2.45, 2.75) is 6.42 Å². The van der Waals surface area contributed by atoms with Crippen molar-refractivity contribution in [2.75, 3.05) is 5.88 Å². The van der Waals surface area contributed by atoms with E-state index in [4.69, 9.17) is 23.2 Å². The quantitative estimate of drug-likeness (QED) is 0.792. The van der Waals surface area contributed by atoms with Gasteiger partial charge in [-0.25, -0.2) is 0 Å². The third-order valence-electron chi connectivity index (χ3n) is 1.59. The molecule has 0 saturated carbocycles. The first-order valence-electron chi connectivity index (χ1n) is 3.69. The highest BCUT2D eigenvalue weighted by Crippen LogP contribution is 2.26. The molecular weight excluding hydrogens is 211 g/mol. The third kappa shape index (κ3) is 2.61. The summed E-state index contributed by atoms with van der Waals surface area (Å²) in [5, 5.41) is 9.43. The Morgan fingerprint density at radius 1 is 1.46 bits per heavy atom. The van der Waals surface area contributed by atoms with Crippen LogP contribution in [0.25, 0.3) is 0 Å². The summed E-state index contributed by atoms with van der Waals surface area (Å²) in [7, 11) is 0. The molecule has 1 aromatic carbocycles. The van der Waals surface area contributed by atoms with Crippen LogP contribution < -0.4 is 0 Å². The molecule has 70 valence electrons. The Balaban J connectivity index is 2.89. The second-order valence-electron chi connectivity index (χ2n) is 2.60. The van der Waals surface area contributed by atoms with Gasteiger partial charge in [0.2, 0.25) is 0 Å². The number of aromatic hydroxyl groups is 1. The molecule has 0 radical (unpaired) electrons. The summed E-state index contributed by atoms with van der Waals surface area (Å²) in [5.74, 6) is -0.165. The highest BCUT2D eigenvalue weighted by molar-refractivity contribution is 6.33. The molecule has 0 aliphatic rings. The first kappa shape index (κ1) is 10.4. The Kier molecular flexibility index (Phi) is 3.58. The van der Waals surface area contributed by atoms with Crippen LogP contribution in [0, 0.1) is 0 Å². The molecule has 0 spiro atoms. The zero-order chi connectivity index (χ0) is 9.84. The third-order valence-corrected chi connectivity index (χ3v) is 2.33. The molecule has 2 nitrogen and oxygen atoms in total. The Morgan fingerprint density at radius 3 is 2.77 bits per heavy atom. The van der Waals surface area contributed by atoms with Gasteiger partial charge in [0, 0.05) is 6.42 Å². The standard InChI is InChI=1S/C9H8Cl2O2/c10-5-7(12)4-6-2-1-3-8(13)9(6)11/h1-3,13H,4-5H2. The van der Waals surface area contributed by atoms with Gasteiger partial charge in [-0.1, -0.05) is 23.7 Å². The van der Waals surface area contributed by atoms with Gasteiger partial charge in [0.05, 0.1) is 10.9 Å². The molecule has 13 heavy (non-hydrogen) atoms. The van der Waals surface area contributed by atoms with Crippen molar-refractivity contribution >= 4 is 29.0 Å². The zero-order valence-electron chi connectivity index (χ0n) is 6.76. The molecular formula is C9H8Cl2O2. The van der Waals surface area contributed by atoms with Crippen LogP contribution in [0.3, 0.4) is 0 Å². The number of hydrogen-bond donors (Lipinski definition) is 1. The average molecular weight is 219 g/mol. The van der Waals surface area contributed by atoms with E-state index in [9.17, 15) is 9.90 Å². The fraction of sp³-hybridized carbons (Fsp3) is 0.222. The number of halogens is 2. The minimum atomic E-state index is -0.117. The lowest BCUT2D eigenvalue weighted by atomic mass is 10.1. The average Bonchev–Trinajstić information content (AvgIpc) is 2.13. The second-order valence-corrected chi connectivity index (χ2v) is 3.24. The topological polar surface area (TPSA) is 37.3 Å². The number of ketones is 1. The summed E-state index contributed by atoms with van der Waals surface area (Å²) in [6, 6.07) is 4.79. The van der Waals surface area contributed by atoms with E-state index in [1.54, 1.807) is 12.1 Å². The van der Waals surface area contributed by atoms with E-state index >= 15 is 0 Å². The van der Waals surface area contributed by atoms with E-state index in [-0.39, 0.29) is 28.9 Å². The van der Waals surface area contributed by atoms with Crippen molar-refractivity contribution in [3.05, 3.63) is 28.8 Å². The highest BCUT2D eigenvalue weighted by atomic mass is 35.5. The maximum Gasteiger partial charge on any atom is 0.152 e. The molecule has 1 aromatic rings. The minimum absolute atomic E-state index is 0.0125. The van der Waals surface area contributed by atoms with E-state index in [1.165, 1.54) is 6.07 Å². The van der Waals surface area contributed by atoms with Gasteiger partial charge in [0.15, 0.2) is 5.78 Å². The molecule has 0 atom stereocenters. The van der Waals surface area contributed by atoms with Gasteiger partial charge in [-0.2, -0.15) is 0 Å². The van der Waals surface area contributed by atoms with Crippen LogP contribution in [0.5, 0.6) is 5.75 Å². The van der Waals surface area contributed by atoms with Crippen molar-refractivity contribution in [1.29, 1.82) is 0 Å². The van der Waals surface area contributed by atoms with Crippen LogP contribution in [-0.2, 0) is 11.2 Å². The number of benzene rings is 1. The number of Topliss-reactive ketones (excluding diaryl/α,β-unsaturated/α-hetero) is 1. The summed E-state index contributed by atoms with van der Waals surface area (Å²) in [6.45, 7) is 0. The lowest BCUT2D eigenvalue weighted by Crippen LogP contribution is -2.03. The van der Waals surface area contributed by atoms with Crippen molar-refractivity contribution in [3.8, 4) is 5.75 Å². The minimum Gasteiger partial charge on any atom is -0.506 e. The molecule has 1 rings (SSSR count). The van der Waals surface area contributed by atoms with E-state index in [1.807, 2.05) is 0 Å². The van der Waals surface area contributed by atoms with Crippen molar-refractivity contribution < 1.29 is 9.90 Å².